The minimum Gasteiger partial charge on any atom is -0.465 e. The van der Waals surface area contributed by atoms with Crippen LogP contribution < -0.4 is 11.3 Å². The number of hydrogen-bond acceptors (Lipinski definition) is 5. The monoisotopic (exact) mass is 219 g/mol. The van der Waals surface area contributed by atoms with Crippen LogP contribution in [0.15, 0.2) is 24.3 Å². The lowest BCUT2D eigenvalue weighted by molar-refractivity contribution is -0.143. The van der Waals surface area contributed by atoms with E-state index in [2.05, 4.69) is 5.43 Å². The normalized spacial score (nSPS) is 11.3. The Labute approximate surface area is 93.8 Å². The van der Waals surface area contributed by atoms with Crippen molar-refractivity contribution in [2.75, 3.05) is 12.0 Å². The number of benzene rings is 1. The van der Waals surface area contributed by atoms with Crippen molar-refractivity contribution < 1.29 is 9.53 Å². The molecule has 1 atom stereocenters. The number of nitrogen functional groups attached to an aromatic ring is 1. The molecule has 0 aromatic heterocycles. The fourth-order valence-electron chi connectivity index (χ4n) is 1.35. The van der Waals surface area contributed by atoms with E-state index in [1.165, 1.54) is 0 Å². The number of nitriles is 1. The molecule has 1 rings (SSSR count). The summed E-state index contributed by atoms with van der Waals surface area (Å²) >= 11 is 0. The van der Waals surface area contributed by atoms with E-state index in [9.17, 15) is 4.79 Å². The molecule has 0 saturated heterocycles. The first-order valence-corrected chi connectivity index (χ1v) is 4.86. The van der Waals surface area contributed by atoms with Gasteiger partial charge in [-0.2, -0.15) is 5.26 Å². The van der Waals surface area contributed by atoms with Gasteiger partial charge in [0.15, 0.2) is 5.92 Å². The van der Waals surface area contributed by atoms with Crippen LogP contribution in [0, 0.1) is 11.3 Å². The molecule has 3 N–H and O–H groups in total. The summed E-state index contributed by atoms with van der Waals surface area (Å²) in [6.07, 6.45) is 0. The Hall–Kier alpha value is -2.06. The molecular formula is C11H13N3O2. The smallest absolute Gasteiger partial charge is 0.327 e. The van der Waals surface area contributed by atoms with Crippen molar-refractivity contribution >= 4 is 11.7 Å². The van der Waals surface area contributed by atoms with Crippen LogP contribution in [0.3, 0.4) is 0 Å². The zero-order valence-electron chi connectivity index (χ0n) is 8.93. The molecule has 0 saturated carbocycles. The molecule has 0 fully saturated rings. The molecule has 0 spiro atoms. The summed E-state index contributed by atoms with van der Waals surface area (Å²) in [6, 6.07) is 8.77. The minimum absolute atomic E-state index is 0.245. The van der Waals surface area contributed by atoms with Gasteiger partial charge < -0.3 is 10.2 Å². The zero-order chi connectivity index (χ0) is 12.0. The van der Waals surface area contributed by atoms with Crippen molar-refractivity contribution in [2.45, 2.75) is 12.8 Å². The van der Waals surface area contributed by atoms with Crippen LogP contribution in [0.4, 0.5) is 5.69 Å². The number of nitrogens with zero attached hydrogens (tertiary/aromatic N) is 1. The first-order chi connectivity index (χ1) is 7.74. The van der Waals surface area contributed by atoms with E-state index in [1.807, 2.05) is 6.07 Å². The van der Waals surface area contributed by atoms with E-state index in [0.717, 1.165) is 0 Å². The second-order valence-corrected chi connectivity index (χ2v) is 3.05. The lowest BCUT2D eigenvalue weighted by atomic mass is 9.99. The number of ether oxygens (including phenoxy) is 1. The van der Waals surface area contributed by atoms with Crippen molar-refractivity contribution in [2.24, 2.45) is 5.84 Å². The summed E-state index contributed by atoms with van der Waals surface area (Å²) in [5, 5.41) is 8.98. The Kier molecular flexibility index (Phi) is 4.30. The van der Waals surface area contributed by atoms with Crippen LogP contribution in [0.1, 0.15) is 18.4 Å². The third-order valence-electron chi connectivity index (χ3n) is 2.08. The average molecular weight is 219 g/mol. The first-order valence-electron chi connectivity index (χ1n) is 4.86. The molecule has 0 bridgehead atoms. The molecule has 84 valence electrons. The van der Waals surface area contributed by atoms with Gasteiger partial charge in [-0.25, -0.2) is 0 Å². The lowest BCUT2D eigenvalue weighted by Crippen LogP contribution is -2.17. The minimum atomic E-state index is -0.952. The van der Waals surface area contributed by atoms with Crippen molar-refractivity contribution in [3.05, 3.63) is 29.8 Å². The van der Waals surface area contributed by atoms with Crippen molar-refractivity contribution in [1.82, 2.24) is 0 Å². The fraction of sp³-hybridized carbons (Fsp3) is 0.273. The maximum Gasteiger partial charge on any atom is 0.327 e. The van der Waals surface area contributed by atoms with Gasteiger partial charge in [0.05, 0.1) is 18.4 Å². The van der Waals surface area contributed by atoms with Crippen LogP contribution in [-0.4, -0.2) is 12.6 Å². The summed E-state index contributed by atoms with van der Waals surface area (Å²) in [6.45, 7) is 1.94. The van der Waals surface area contributed by atoms with E-state index in [-0.39, 0.29) is 6.61 Å². The Bertz CT molecular complexity index is 412. The van der Waals surface area contributed by atoms with Crippen LogP contribution in [-0.2, 0) is 9.53 Å². The second kappa shape index (κ2) is 5.73. The Balaban J connectivity index is 3.04. The molecule has 1 aromatic carbocycles. The summed E-state index contributed by atoms with van der Waals surface area (Å²) in [5.41, 5.74) is 3.51. The average Bonchev–Trinajstić information content (AvgIpc) is 2.31. The van der Waals surface area contributed by atoms with E-state index < -0.39 is 11.9 Å². The first kappa shape index (κ1) is 12.0. The Morgan fingerprint density at radius 3 is 2.88 bits per heavy atom. The molecule has 0 aliphatic carbocycles. The van der Waals surface area contributed by atoms with Gasteiger partial charge in [-0.05, 0) is 13.0 Å². The summed E-state index contributed by atoms with van der Waals surface area (Å²) in [7, 11) is 0. The number of nitrogens with one attached hydrogen (secondary N) is 1. The summed E-state index contributed by atoms with van der Waals surface area (Å²) in [4.78, 5) is 11.5. The number of hydrogen-bond donors (Lipinski definition) is 2. The molecule has 5 heteroatoms. The number of anilines is 1. The topological polar surface area (TPSA) is 88.1 Å². The summed E-state index contributed by atoms with van der Waals surface area (Å²) in [5.74, 6) is 3.79. The highest BCUT2D eigenvalue weighted by molar-refractivity contribution is 5.83. The molecule has 5 nitrogen and oxygen atoms in total. The quantitative estimate of drug-likeness (QED) is 0.450. The second-order valence-electron chi connectivity index (χ2n) is 3.05. The molecule has 0 amide bonds. The molecular weight excluding hydrogens is 206 g/mol. The number of para-hydroxylation sites is 1. The number of esters is 1. The number of rotatable bonds is 4. The van der Waals surface area contributed by atoms with Gasteiger partial charge in [0.25, 0.3) is 0 Å². The van der Waals surface area contributed by atoms with Gasteiger partial charge in [0, 0.05) is 5.56 Å². The van der Waals surface area contributed by atoms with Gasteiger partial charge in [-0.3, -0.25) is 10.6 Å². The van der Waals surface area contributed by atoms with Crippen LogP contribution in [0.5, 0.6) is 0 Å². The maximum atomic E-state index is 11.5. The van der Waals surface area contributed by atoms with E-state index in [1.54, 1.807) is 31.2 Å². The zero-order valence-corrected chi connectivity index (χ0v) is 8.93. The van der Waals surface area contributed by atoms with Gasteiger partial charge in [0.1, 0.15) is 0 Å². The standard InChI is InChI=1S/C11H13N3O2/c1-2-16-11(15)9(7-12)8-5-3-4-6-10(8)14-13/h3-6,9,14H,2,13H2,1H3. The van der Waals surface area contributed by atoms with E-state index >= 15 is 0 Å². The van der Waals surface area contributed by atoms with Gasteiger partial charge >= 0.3 is 5.97 Å². The molecule has 1 aromatic rings. The largest absolute Gasteiger partial charge is 0.465 e. The fourth-order valence-corrected chi connectivity index (χ4v) is 1.35. The van der Waals surface area contributed by atoms with Crippen molar-refractivity contribution in [1.29, 1.82) is 5.26 Å². The van der Waals surface area contributed by atoms with Crippen LogP contribution in [0.25, 0.3) is 0 Å². The van der Waals surface area contributed by atoms with Crippen molar-refractivity contribution in [3.8, 4) is 6.07 Å². The molecule has 0 heterocycles. The molecule has 16 heavy (non-hydrogen) atoms. The van der Waals surface area contributed by atoms with Crippen molar-refractivity contribution in [3.63, 3.8) is 0 Å². The Morgan fingerprint density at radius 2 is 2.31 bits per heavy atom. The predicted octanol–water partition coefficient (Wildman–Crippen LogP) is 1.14. The van der Waals surface area contributed by atoms with Crippen LogP contribution in [0.2, 0.25) is 0 Å². The number of hydrazine groups is 1. The number of nitrogens with two attached hydrogens (primary N) is 1. The number of carbonyl (C=O) groups is 1. The van der Waals surface area contributed by atoms with Gasteiger partial charge in [-0.1, -0.05) is 18.2 Å². The molecule has 0 aliphatic rings. The van der Waals surface area contributed by atoms with Gasteiger partial charge in [-0.15, -0.1) is 0 Å². The lowest BCUT2D eigenvalue weighted by Gasteiger charge is -2.12. The van der Waals surface area contributed by atoms with Crippen LogP contribution >= 0.6 is 0 Å². The van der Waals surface area contributed by atoms with Gasteiger partial charge in [0.2, 0.25) is 0 Å². The molecule has 0 radical (unpaired) electrons. The third-order valence-corrected chi connectivity index (χ3v) is 2.08. The predicted molar refractivity (Wildman–Crippen MR) is 59.2 cm³/mol. The SMILES string of the molecule is CCOC(=O)C(C#N)c1ccccc1NN. The highest BCUT2D eigenvalue weighted by Gasteiger charge is 2.23. The Morgan fingerprint density at radius 1 is 1.62 bits per heavy atom. The summed E-state index contributed by atoms with van der Waals surface area (Å²) < 4.78 is 4.82. The third kappa shape index (κ3) is 2.49. The maximum absolute atomic E-state index is 11.5. The van der Waals surface area contributed by atoms with E-state index in [0.29, 0.717) is 11.3 Å². The van der Waals surface area contributed by atoms with E-state index in [4.69, 9.17) is 15.8 Å². The molecule has 0 aliphatic heterocycles. The highest BCUT2D eigenvalue weighted by atomic mass is 16.5. The molecule has 1 unspecified atom stereocenters. The highest BCUT2D eigenvalue weighted by Crippen LogP contribution is 2.24. The number of carbonyl (C=O) groups excluding carboxylic acids is 1.